The van der Waals surface area contributed by atoms with E-state index in [9.17, 15) is 14.7 Å². The van der Waals surface area contributed by atoms with Crippen molar-refractivity contribution in [3.63, 3.8) is 0 Å². The van der Waals surface area contributed by atoms with Gasteiger partial charge in [-0.15, -0.1) is 0 Å². The number of benzene rings is 4. The summed E-state index contributed by atoms with van der Waals surface area (Å²) in [5, 5.41) is 14.1. The highest BCUT2D eigenvalue weighted by Gasteiger charge is 2.47. The summed E-state index contributed by atoms with van der Waals surface area (Å²) < 4.78 is 26.6. The lowest BCUT2D eigenvalue weighted by Gasteiger charge is -2.50. The van der Waals surface area contributed by atoms with Crippen LogP contribution in [-0.2, 0) is 15.1 Å². The summed E-state index contributed by atoms with van der Waals surface area (Å²) in [5.74, 6) is 1.19. The van der Waals surface area contributed by atoms with Gasteiger partial charge in [0.05, 0.1) is 27.4 Å². The molecule has 286 valence electrons. The molecule has 0 spiro atoms. The van der Waals surface area contributed by atoms with Crippen molar-refractivity contribution in [1.82, 2.24) is 14.5 Å². The predicted octanol–water partition coefficient (Wildman–Crippen LogP) is 6.42. The van der Waals surface area contributed by atoms with Crippen LogP contribution < -0.4 is 20.5 Å². The minimum absolute atomic E-state index is 0.0242. The van der Waals surface area contributed by atoms with Crippen LogP contribution in [0.25, 0.3) is 0 Å². The Morgan fingerprint density at radius 2 is 1.42 bits per heavy atom. The highest BCUT2D eigenvalue weighted by atomic mass is 16.6. The third-order valence-corrected chi connectivity index (χ3v) is 10.8. The fourth-order valence-corrected chi connectivity index (χ4v) is 7.87. The van der Waals surface area contributed by atoms with Crippen molar-refractivity contribution < 1.29 is 28.8 Å². The minimum Gasteiger partial charge on any atom is -0.497 e. The number of nitrogens with zero attached hydrogens (tertiary/aromatic N) is 3. The molecule has 1 aliphatic carbocycles. The Kier molecular flexibility index (Phi) is 11.7. The standard InChI is InChI=1S/C44H48N4O7/c1-52-37-22-18-34(19-23-37)44(33-14-8-4-9-15-33,35-20-24-38(53-2)25-21-35)54-31-43(30-49)29-47(36-16-10-5-11-17-36)28-40(55-43)48-27-26-39(46-42(48)51)45-41(50)32-12-6-3-7-13-32/h3-4,6-9,12-15,18-27,36,40,49H,5,10-11,16-17,28-31H2,1-2H3,(H,45,46,50,51)/t40-,43+/m1/s1. The number of aliphatic hydroxyl groups excluding tert-OH is 1. The molecule has 1 saturated heterocycles. The smallest absolute Gasteiger partial charge is 0.351 e. The molecular weight excluding hydrogens is 697 g/mol. The van der Waals surface area contributed by atoms with Crippen LogP contribution in [0, 0.1) is 0 Å². The van der Waals surface area contributed by atoms with Gasteiger partial charge in [-0.3, -0.25) is 14.3 Å². The fourth-order valence-electron chi connectivity index (χ4n) is 7.87. The van der Waals surface area contributed by atoms with E-state index < -0.39 is 23.1 Å². The normalized spacial score (nSPS) is 19.4. The van der Waals surface area contributed by atoms with Crippen molar-refractivity contribution in [1.29, 1.82) is 0 Å². The molecule has 5 aromatic rings. The molecule has 2 heterocycles. The van der Waals surface area contributed by atoms with Crippen LogP contribution in [0.15, 0.2) is 126 Å². The average molecular weight is 745 g/mol. The number of hydrogen-bond acceptors (Lipinski definition) is 9. The van der Waals surface area contributed by atoms with Crippen molar-refractivity contribution in [3.05, 3.63) is 154 Å². The monoisotopic (exact) mass is 744 g/mol. The van der Waals surface area contributed by atoms with E-state index in [1.54, 1.807) is 50.7 Å². The molecule has 2 aliphatic rings. The number of rotatable bonds is 13. The summed E-state index contributed by atoms with van der Waals surface area (Å²) >= 11 is 0. The molecule has 1 aliphatic heterocycles. The van der Waals surface area contributed by atoms with E-state index >= 15 is 0 Å². The molecule has 1 amide bonds. The lowest BCUT2D eigenvalue weighted by molar-refractivity contribution is -0.236. The van der Waals surface area contributed by atoms with E-state index in [0.29, 0.717) is 30.2 Å². The van der Waals surface area contributed by atoms with E-state index in [1.165, 1.54) is 11.0 Å². The number of anilines is 1. The largest absolute Gasteiger partial charge is 0.497 e. The zero-order chi connectivity index (χ0) is 38.3. The predicted molar refractivity (Wildman–Crippen MR) is 210 cm³/mol. The van der Waals surface area contributed by atoms with Gasteiger partial charge in [-0.2, -0.15) is 4.98 Å². The zero-order valence-electron chi connectivity index (χ0n) is 31.3. The lowest BCUT2D eigenvalue weighted by atomic mass is 9.79. The molecule has 0 unspecified atom stereocenters. The summed E-state index contributed by atoms with van der Waals surface area (Å²) in [7, 11) is 3.27. The third kappa shape index (κ3) is 8.20. The number of morpholine rings is 1. The number of nitrogens with one attached hydrogen (secondary N) is 1. The van der Waals surface area contributed by atoms with Crippen LogP contribution >= 0.6 is 0 Å². The molecule has 11 nitrogen and oxygen atoms in total. The molecule has 0 radical (unpaired) electrons. The second-order valence-corrected chi connectivity index (χ2v) is 14.3. The SMILES string of the molecule is COc1ccc(C(OC[C@@]2(CO)CN(C3CCCCC3)C[C@H](n3ccc(NC(=O)c4ccccc4)nc3=O)O2)(c2ccccc2)c2ccc(OC)cc2)cc1. The number of methoxy groups -OCH3 is 2. The first-order valence-electron chi connectivity index (χ1n) is 18.8. The molecular formula is C44H48N4O7. The number of carbonyl (C=O) groups is 1. The summed E-state index contributed by atoms with van der Waals surface area (Å²) in [6.45, 7) is 0.429. The van der Waals surface area contributed by atoms with Gasteiger partial charge in [0.25, 0.3) is 5.91 Å². The highest BCUT2D eigenvalue weighted by Crippen LogP contribution is 2.43. The van der Waals surface area contributed by atoms with E-state index in [0.717, 1.165) is 42.4 Å². The number of carbonyl (C=O) groups excluding carboxylic acids is 1. The second-order valence-electron chi connectivity index (χ2n) is 14.3. The molecule has 11 heteroatoms. The van der Waals surface area contributed by atoms with Crippen molar-refractivity contribution >= 4 is 11.7 Å². The molecule has 1 aromatic heterocycles. The van der Waals surface area contributed by atoms with Gasteiger partial charge in [0.15, 0.2) is 6.23 Å². The molecule has 4 aromatic carbocycles. The Balaban J connectivity index is 1.26. The van der Waals surface area contributed by atoms with Crippen molar-refractivity contribution in [2.45, 2.75) is 55.6 Å². The van der Waals surface area contributed by atoms with Gasteiger partial charge < -0.3 is 29.4 Å². The number of aliphatic hydroxyl groups is 1. The van der Waals surface area contributed by atoms with Crippen LogP contribution in [-0.4, -0.2) is 77.6 Å². The summed E-state index contributed by atoms with van der Waals surface area (Å²) in [4.78, 5) is 33.1. The molecule has 1 saturated carbocycles. The maximum Gasteiger partial charge on any atom is 0.351 e. The average Bonchev–Trinajstić information content (AvgIpc) is 3.25. The Morgan fingerprint density at radius 3 is 1.98 bits per heavy atom. The quantitative estimate of drug-likeness (QED) is 0.132. The molecule has 2 atom stereocenters. The van der Waals surface area contributed by atoms with Crippen LogP contribution in [0.2, 0.25) is 0 Å². The second kappa shape index (κ2) is 17.0. The first-order chi connectivity index (χ1) is 26.9. The van der Waals surface area contributed by atoms with Crippen LogP contribution in [0.4, 0.5) is 5.82 Å². The molecule has 2 fully saturated rings. The van der Waals surface area contributed by atoms with E-state index in [4.69, 9.17) is 18.9 Å². The first kappa shape index (κ1) is 38.0. The van der Waals surface area contributed by atoms with E-state index in [1.807, 2.05) is 84.9 Å². The maximum atomic E-state index is 13.7. The number of amides is 1. The molecule has 2 N–H and O–H groups in total. The Bertz CT molecular complexity index is 2020. The topological polar surface area (TPSA) is 124 Å². The lowest BCUT2D eigenvalue weighted by Crippen LogP contribution is -2.62. The molecule has 0 bridgehead atoms. The Hall–Kier alpha value is -5.33. The zero-order valence-corrected chi connectivity index (χ0v) is 31.3. The summed E-state index contributed by atoms with van der Waals surface area (Å²) in [5.41, 5.74) is 0.0679. The fraction of sp³-hybridized carbons (Fsp3) is 0.341. The number of aromatic nitrogens is 2. The summed E-state index contributed by atoms with van der Waals surface area (Å²) in [6.07, 6.45) is 6.23. The van der Waals surface area contributed by atoms with Crippen LogP contribution in [0.1, 0.15) is 65.4 Å². The molecule has 7 rings (SSSR count). The van der Waals surface area contributed by atoms with E-state index in [-0.39, 0.29) is 31.0 Å². The third-order valence-electron chi connectivity index (χ3n) is 10.8. The highest BCUT2D eigenvalue weighted by molar-refractivity contribution is 6.03. The van der Waals surface area contributed by atoms with Crippen molar-refractivity contribution in [2.75, 3.05) is 45.8 Å². The van der Waals surface area contributed by atoms with E-state index in [2.05, 4.69) is 15.2 Å². The van der Waals surface area contributed by atoms with Gasteiger partial charge in [0.1, 0.15) is 28.5 Å². The Morgan fingerprint density at radius 1 is 0.836 bits per heavy atom. The van der Waals surface area contributed by atoms with Gasteiger partial charge in [-0.25, -0.2) is 4.79 Å². The van der Waals surface area contributed by atoms with Gasteiger partial charge in [0.2, 0.25) is 0 Å². The number of hydrogen-bond donors (Lipinski definition) is 2. The van der Waals surface area contributed by atoms with Gasteiger partial charge in [-0.1, -0.05) is 92.1 Å². The van der Waals surface area contributed by atoms with Gasteiger partial charge >= 0.3 is 5.69 Å². The van der Waals surface area contributed by atoms with Crippen molar-refractivity contribution in [2.24, 2.45) is 0 Å². The van der Waals surface area contributed by atoms with Gasteiger partial charge in [-0.05, 0) is 72.0 Å². The van der Waals surface area contributed by atoms with Crippen LogP contribution in [0.5, 0.6) is 11.5 Å². The van der Waals surface area contributed by atoms with Gasteiger partial charge in [0, 0.05) is 30.9 Å². The van der Waals surface area contributed by atoms with Crippen LogP contribution in [0.3, 0.4) is 0 Å². The van der Waals surface area contributed by atoms with Crippen molar-refractivity contribution in [3.8, 4) is 11.5 Å². The number of ether oxygens (including phenoxy) is 4. The minimum atomic E-state index is -1.24. The summed E-state index contributed by atoms with van der Waals surface area (Å²) in [6, 6.07) is 36.2. The Labute approximate surface area is 321 Å². The maximum absolute atomic E-state index is 13.7. The molecule has 55 heavy (non-hydrogen) atoms. The first-order valence-corrected chi connectivity index (χ1v) is 18.8.